The van der Waals surface area contributed by atoms with Gasteiger partial charge >= 0.3 is 0 Å². The first-order valence-electron chi connectivity index (χ1n) is 8.89. The van der Waals surface area contributed by atoms with Gasteiger partial charge in [0.2, 0.25) is 0 Å². The fraction of sp³-hybridized carbons (Fsp3) is 0.450. The molecule has 3 rings (SSSR count). The Morgan fingerprint density at radius 1 is 1.36 bits per heavy atom. The van der Waals surface area contributed by atoms with Crippen molar-refractivity contribution in [2.75, 3.05) is 13.1 Å². The molecule has 2 heterocycles. The van der Waals surface area contributed by atoms with Gasteiger partial charge in [0.15, 0.2) is 0 Å². The molecular weight excluding hydrogens is 312 g/mol. The second-order valence-electron chi connectivity index (χ2n) is 7.02. The molecule has 1 fully saturated rings. The topological polar surface area (TPSA) is 61.9 Å². The zero-order valence-electron chi connectivity index (χ0n) is 14.9. The van der Waals surface area contributed by atoms with Crippen LogP contribution in [0.3, 0.4) is 0 Å². The van der Waals surface area contributed by atoms with Crippen LogP contribution >= 0.6 is 0 Å². The van der Waals surface area contributed by atoms with E-state index in [1.165, 1.54) is 0 Å². The number of amides is 1. The van der Waals surface area contributed by atoms with Crippen molar-refractivity contribution in [1.82, 2.24) is 14.5 Å². The van der Waals surface area contributed by atoms with E-state index in [-0.39, 0.29) is 5.91 Å². The minimum Gasteiger partial charge on any atom is -0.339 e. The number of nitrogens with zero attached hydrogens (tertiary/aromatic N) is 4. The van der Waals surface area contributed by atoms with Crippen molar-refractivity contribution in [2.45, 2.75) is 39.2 Å². The zero-order valence-corrected chi connectivity index (χ0v) is 14.9. The van der Waals surface area contributed by atoms with Gasteiger partial charge in [-0.1, -0.05) is 19.9 Å². The lowest BCUT2D eigenvalue weighted by Crippen LogP contribution is -2.39. The van der Waals surface area contributed by atoms with E-state index in [1.807, 2.05) is 11.1 Å². The lowest BCUT2D eigenvalue weighted by atomic mass is 9.96. The van der Waals surface area contributed by atoms with E-state index >= 15 is 0 Å². The first-order valence-corrected chi connectivity index (χ1v) is 8.89. The summed E-state index contributed by atoms with van der Waals surface area (Å²) >= 11 is 0. The molecule has 1 aromatic heterocycles. The van der Waals surface area contributed by atoms with E-state index in [0.717, 1.165) is 38.3 Å². The molecule has 5 nitrogen and oxygen atoms in total. The number of nitriles is 1. The summed E-state index contributed by atoms with van der Waals surface area (Å²) in [5, 5.41) is 8.99. The van der Waals surface area contributed by atoms with Gasteiger partial charge in [-0.05, 0) is 37.0 Å². The second kappa shape index (κ2) is 7.52. The highest BCUT2D eigenvalue weighted by Gasteiger charge is 2.24. The first kappa shape index (κ1) is 17.2. The smallest absolute Gasteiger partial charge is 0.253 e. The maximum absolute atomic E-state index is 12.6. The average molecular weight is 336 g/mol. The summed E-state index contributed by atoms with van der Waals surface area (Å²) in [6, 6.07) is 9.05. The molecule has 1 aliphatic heterocycles. The van der Waals surface area contributed by atoms with Crippen LogP contribution in [0.2, 0.25) is 0 Å². The number of aromatic nitrogens is 2. The van der Waals surface area contributed by atoms with Crippen LogP contribution in [0.5, 0.6) is 0 Å². The summed E-state index contributed by atoms with van der Waals surface area (Å²) < 4.78 is 2.25. The van der Waals surface area contributed by atoms with Gasteiger partial charge in [0.25, 0.3) is 5.91 Å². The van der Waals surface area contributed by atoms with Gasteiger partial charge < -0.3 is 9.47 Å². The van der Waals surface area contributed by atoms with E-state index < -0.39 is 0 Å². The Labute approximate surface area is 148 Å². The number of rotatable bonds is 4. The van der Waals surface area contributed by atoms with Crippen LogP contribution in [0.15, 0.2) is 36.7 Å². The number of carbonyl (C=O) groups is 1. The minimum atomic E-state index is 0.0288. The summed E-state index contributed by atoms with van der Waals surface area (Å²) in [7, 11) is 0. The first-order chi connectivity index (χ1) is 12.1. The fourth-order valence-corrected chi connectivity index (χ4v) is 3.48. The largest absolute Gasteiger partial charge is 0.339 e. The van der Waals surface area contributed by atoms with Crippen LogP contribution in [-0.4, -0.2) is 33.4 Å². The number of carbonyl (C=O) groups excluding carboxylic acids is 1. The van der Waals surface area contributed by atoms with Crippen LogP contribution in [0, 0.1) is 17.2 Å². The number of hydrogen-bond acceptors (Lipinski definition) is 3. The van der Waals surface area contributed by atoms with E-state index in [2.05, 4.69) is 35.7 Å². The SMILES string of the molecule is CC(C)c1nccn1CC1CCN(C(=O)c2cccc(C#N)c2)CC1. The molecule has 1 saturated heterocycles. The molecular formula is C20H24N4O. The van der Waals surface area contributed by atoms with Crippen molar-refractivity contribution < 1.29 is 4.79 Å². The third-order valence-electron chi connectivity index (χ3n) is 4.86. The molecule has 0 unspecified atom stereocenters. The maximum atomic E-state index is 12.6. The molecule has 25 heavy (non-hydrogen) atoms. The van der Waals surface area contributed by atoms with Gasteiger partial charge in [0.1, 0.15) is 5.82 Å². The van der Waals surface area contributed by atoms with Crippen molar-refractivity contribution in [1.29, 1.82) is 5.26 Å². The molecule has 0 saturated carbocycles. The molecule has 2 aromatic rings. The van der Waals surface area contributed by atoms with Crippen LogP contribution < -0.4 is 0 Å². The number of hydrogen-bond donors (Lipinski definition) is 0. The van der Waals surface area contributed by atoms with Crippen molar-refractivity contribution >= 4 is 5.91 Å². The third kappa shape index (κ3) is 3.90. The lowest BCUT2D eigenvalue weighted by molar-refractivity contribution is 0.0682. The molecule has 1 amide bonds. The summed E-state index contributed by atoms with van der Waals surface area (Å²) in [4.78, 5) is 19.0. The predicted molar refractivity (Wildman–Crippen MR) is 96.1 cm³/mol. The Bertz CT molecular complexity index is 779. The highest BCUT2D eigenvalue weighted by atomic mass is 16.2. The highest BCUT2D eigenvalue weighted by molar-refractivity contribution is 5.94. The monoisotopic (exact) mass is 336 g/mol. The molecule has 130 valence electrons. The third-order valence-corrected chi connectivity index (χ3v) is 4.86. The predicted octanol–water partition coefficient (Wildman–Crippen LogP) is 3.43. The van der Waals surface area contributed by atoms with Gasteiger partial charge in [-0.3, -0.25) is 4.79 Å². The fourth-order valence-electron chi connectivity index (χ4n) is 3.48. The molecule has 0 radical (unpaired) electrons. The minimum absolute atomic E-state index is 0.0288. The van der Waals surface area contributed by atoms with Crippen molar-refractivity contribution in [3.63, 3.8) is 0 Å². The van der Waals surface area contributed by atoms with Crippen LogP contribution in [0.4, 0.5) is 0 Å². The number of benzene rings is 1. The van der Waals surface area contributed by atoms with E-state index in [9.17, 15) is 4.79 Å². The summed E-state index contributed by atoms with van der Waals surface area (Å²) in [5.41, 5.74) is 1.14. The van der Waals surface area contributed by atoms with E-state index in [0.29, 0.717) is 23.0 Å². The van der Waals surface area contributed by atoms with Gasteiger partial charge in [0.05, 0.1) is 11.6 Å². The Kier molecular flexibility index (Phi) is 5.18. The quantitative estimate of drug-likeness (QED) is 0.859. The molecule has 0 spiro atoms. The van der Waals surface area contributed by atoms with Crippen molar-refractivity contribution in [2.24, 2.45) is 5.92 Å². The molecule has 0 atom stereocenters. The highest BCUT2D eigenvalue weighted by Crippen LogP contribution is 2.23. The van der Waals surface area contributed by atoms with Gasteiger partial charge in [-0.2, -0.15) is 5.26 Å². The van der Waals surface area contributed by atoms with Crippen molar-refractivity contribution in [3.05, 3.63) is 53.6 Å². The number of piperidine rings is 1. The molecule has 0 bridgehead atoms. The lowest BCUT2D eigenvalue weighted by Gasteiger charge is -2.32. The van der Waals surface area contributed by atoms with Crippen LogP contribution in [0.1, 0.15) is 54.4 Å². The Hall–Kier alpha value is -2.61. The number of likely N-dealkylation sites (tertiary alicyclic amines) is 1. The van der Waals surface area contributed by atoms with Crippen LogP contribution in [-0.2, 0) is 6.54 Å². The summed E-state index contributed by atoms with van der Waals surface area (Å²) in [5.74, 6) is 2.15. The molecule has 1 aliphatic rings. The normalized spacial score (nSPS) is 15.4. The Balaban J connectivity index is 1.59. The summed E-state index contributed by atoms with van der Waals surface area (Å²) in [6.45, 7) is 6.84. The van der Waals surface area contributed by atoms with Crippen LogP contribution in [0.25, 0.3) is 0 Å². The van der Waals surface area contributed by atoms with Crippen molar-refractivity contribution in [3.8, 4) is 6.07 Å². The van der Waals surface area contributed by atoms with E-state index in [1.54, 1.807) is 24.3 Å². The molecule has 0 N–H and O–H groups in total. The van der Waals surface area contributed by atoms with E-state index in [4.69, 9.17) is 5.26 Å². The Morgan fingerprint density at radius 2 is 2.12 bits per heavy atom. The number of imidazole rings is 1. The second-order valence-corrected chi connectivity index (χ2v) is 7.02. The standard InChI is InChI=1S/C20H24N4O/c1-15(2)19-22-8-11-24(19)14-16-6-9-23(10-7-16)20(25)18-5-3-4-17(12-18)13-21/h3-5,8,11-12,15-16H,6-7,9-10,14H2,1-2H3. The molecule has 1 aromatic carbocycles. The maximum Gasteiger partial charge on any atom is 0.253 e. The molecule has 5 heteroatoms. The zero-order chi connectivity index (χ0) is 17.8. The Morgan fingerprint density at radius 3 is 2.80 bits per heavy atom. The van der Waals surface area contributed by atoms with Gasteiger partial charge in [-0.15, -0.1) is 0 Å². The average Bonchev–Trinajstić information content (AvgIpc) is 3.10. The molecule has 0 aliphatic carbocycles. The van der Waals surface area contributed by atoms with Gasteiger partial charge in [0, 0.05) is 43.5 Å². The van der Waals surface area contributed by atoms with Gasteiger partial charge in [-0.25, -0.2) is 4.98 Å². The summed E-state index contributed by atoms with van der Waals surface area (Å²) in [6.07, 6.45) is 5.93.